The molecule has 0 spiro atoms. The van der Waals surface area contributed by atoms with Gasteiger partial charge in [0.05, 0.1) is 16.4 Å². The Kier molecular flexibility index (Phi) is 5.76. The molecule has 0 amide bonds. The highest BCUT2D eigenvalue weighted by atomic mass is 35.5. The predicted molar refractivity (Wildman–Crippen MR) is 86.5 cm³/mol. The van der Waals surface area contributed by atoms with Crippen LogP contribution in [0.3, 0.4) is 0 Å². The first kappa shape index (κ1) is 16.0. The highest BCUT2D eigenvalue weighted by molar-refractivity contribution is 6.31. The van der Waals surface area contributed by atoms with Gasteiger partial charge in [0.25, 0.3) is 0 Å². The molecule has 1 unspecified atom stereocenters. The number of nitrogens with two attached hydrogens (primary N) is 1. The van der Waals surface area contributed by atoms with Crippen molar-refractivity contribution in [1.82, 2.24) is 14.8 Å². The second-order valence-electron chi connectivity index (χ2n) is 5.24. The lowest BCUT2D eigenvalue weighted by molar-refractivity contribution is 0.553. The van der Waals surface area contributed by atoms with Crippen molar-refractivity contribution >= 4 is 11.6 Å². The van der Waals surface area contributed by atoms with Crippen LogP contribution >= 0.6 is 11.6 Å². The fourth-order valence-electron chi connectivity index (χ4n) is 2.46. The molecule has 4 nitrogen and oxygen atoms in total. The van der Waals surface area contributed by atoms with Crippen LogP contribution in [0.2, 0.25) is 5.02 Å². The van der Waals surface area contributed by atoms with Gasteiger partial charge < -0.3 is 5.73 Å². The number of hydrogen-bond acceptors (Lipinski definition) is 3. The van der Waals surface area contributed by atoms with Gasteiger partial charge in [0.15, 0.2) is 0 Å². The van der Waals surface area contributed by atoms with Crippen molar-refractivity contribution in [3.05, 3.63) is 46.5 Å². The summed E-state index contributed by atoms with van der Waals surface area (Å²) in [5.41, 5.74) is 9.53. The first-order valence-electron chi connectivity index (χ1n) is 7.54. The molecule has 2 N–H and O–H groups in total. The van der Waals surface area contributed by atoms with Gasteiger partial charge in [-0.05, 0) is 37.8 Å². The van der Waals surface area contributed by atoms with Crippen LogP contribution in [0.1, 0.15) is 37.2 Å². The second-order valence-corrected chi connectivity index (χ2v) is 5.62. The van der Waals surface area contributed by atoms with E-state index in [4.69, 9.17) is 17.3 Å². The summed E-state index contributed by atoms with van der Waals surface area (Å²) in [4.78, 5) is 4.13. The molecule has 114 valence electrons. The van der Waals surface area contributed by atoms with Crippen molar-refractivity contribution in [1.29, 1.82) is 0 Å². The molecule has 0 saturated carbocycles. The summed E-state index contributed by atoms with van der Waals surface area (Å²) in [5, 5.41) is 5.33. The Morgan fingerprint density at radius 2 is 2.19 bits per heavy atom. The van der Waals surface area contributed by atoms with Gasteiger partial charge in [-0.2, -0.15) is 5.10 Å². The quantitative estimate of drug-likeness (QED) is 0.855. The summed E-state index contributed by atoms with van der Waals surface area (Å²) in [7, 11) is 0. The summed E-state index contributed by atoms with van der Waals surface area (Å²) >= 11 is 6.42. The van der Waals surface area contributed by atoms with E-state index in [1.165, 1.54) is 5.56 Å². The van der Waals surface area contributed by atoms with Crippen LogP contribution in [0.5, 0.6) is 0 Å². The van der Waals surface area contributed by atoms with E-state index in [-0.39, 0.29) is 6.04 Å². The molecule has 0 aliphatic carbocycles. The monoisotopic (exact) mass is 306 g/mol. The van der Waals surface area contributed by atoms with Gasteiger partial charge >= 0.3 is 0 Å². The number of pyridine rings is 1. The Bertz CT molecular complexity index is 565. The SMILES string of the molecule is CCc1nn(CC)c(CC(N)CCc2cccnc2)c1Cl. The van der Waals surface area contributed by atoms with Crippen molar-refractivity contribution in [2.45, 2.75) is 52.1 Å². The zero-order valence-corrected chi connectivity index (χ0v) is 13.5. The molecule has 21 heavy (non-hydrogen) atoms. The van der Waals surface area contributed by atoms with Gasteiger partial charge in [0.2, 0.25) is 0 Å². The molecule has 2 heterocycles. The molecule has 0 aromatic carbocycles. The average Bonchev–Trinajstić information content (AvgIpc) is 2.82. The van der Waals surface area contributed by atoms with Crippen molar-refractivity contribution in [2.24, 2.45) is 5.73 Å². The summed E-state index contributed by atoms with van der Waals surface area (Å²) in [5.74, 6) is 0. The molecule has 2 aromatic rings. The summed E-state index contributed by atoms with van der Waals surface area (Å²) in [6.07, 6.45) is 7.15. The normalized spacial score (nSPS) is 12.6. The van der Waals surface area contributed by atoms with E-state index in [1.54, 1.807) is 6.20 Å². The number of hydrogen-bond donors (Lipinski definition) is 1. The molecular weight excluding hydrogens is 284 g/mol. The van der Waals surface area contributed by atoms with E-state index in [0.717, 1.165) is 48.6 Å². The van der Waals surface area contributed by atoms with E-state index in [2.05, 4.69) is 30.0 Å². The Morgan fingerprint density at radius 3 is 2.81 bits per heavy atom. The maximum absolute atomic E-state index is 6.42. The third-order valence-electron chi connectivity index (χ3n) is 3.68. The summed E-state index contributed by atoms with van der Waals surface area (Å²) in [6, 6.07) is 4.12. The molecular formula is C16H23ClN4. The van der Waals surface area contributed by atoms with Crippen LogP contribution in [0.4, 0.5) is 0 Å². The van der Waals surface area contributed by atoms with Crippen LogP contribution in [0.15, 0.2) is 24.5 Å². The maximum Gasteiger partial charge on any atom is 0.0850 e. The van der Waals surface area contributed by atoms with Gasteiger partial charge in [-0.3, -0.25) is 9.67 Å². The Hall–Kier alpha value is -1.39. The highest BCUT2D eigenvalue weighted by Crippen LogP contribution is 2.23. The first-order valence-corrected chi connectivity index (χ1v) is 7.92. The van der Waals surface area contributed by atoms with E-state index in [0.29, 0.717) is 0 Å². The van der Waals surface area contributed by atoms with E-state index in [1.807, 2.05) is 16.9 Å². The van der Waals surface area contributed by atoms with Crippen LogP contribution in [0.25, 0.3) is 0 Å². The average molecular weight is 307 g/mol. The molecule has 2 aromatic heterocycles. The van der Waals surface area contributed by atoms with Crippen LogP contribution in [0, 0.1) is 0 Å². The zero-order valence-electron chi connectivity index (χ0n) is 12.7. The first-order chi connectivity index (χ1) is 10.2. The van der Waals surface area contributed by atoms with Crippen molar-refractivity contribution in [3.63, 3.8) is 0 Å². The van der Waals surface area contributed by atoms with Crippen LogP contribution < -0.4 is 5.73 Å². The largest absolute Gasteiger partial charge is 0.327 e. The molecule has 1 atom stereocenters. The Morgan fingerprint density at radius 1 is 1.38 bits per heavy atom. The minimum atomic E-state index is 0.0782. The van der Waals surface area contributed by atoms with E-state index >= 15 is 0 Å². The van der Waals surface area contributed by atoms with Gasteiger partial charge in [-0.15, -0.1) is 0 Å². The third-order valence-corrected chi connectivity index (χ3v) is 4.11. The number of aromatic nitrogens is 3. The molecule has 5 heteroatoms. The number of halogens is 1. The van der Waals surface area contributed by atoms with Gasteiger partial charge in [-0.1, -0.05) is 24.6 Å². The molecule has 0 aliphatic heterocycles. The third kappa shape index (κ3) is 4.05. The maximum atomic E-state index is 6.42. The molecule has 2 rings (SSSR count). The topological polar surface area (TPSA) is 56.7 Å². The van der Waals surface area contributed by atoms with Crippen molar-refractivity contribution in [2.75, 3.05) is 0 Å². The smallest absolute Gasteiger partial charge is 0.0850 e. The Balaban J connectivity index is 1.99. The molecule has 0 aliphatic rings. The number of aryl methyl sites for hydroxylation is 3. The lowest BCUT2D eigenvalue weighted by Gasteiger charge is -2.13. The van der Waals surface area contributed by atoms with E-state index < -0.39 is 0 Å². The Labute approximate surface area is 131 Å². The molecule has 0 bridgehead atoms. The summed E-state index contributed by atoms with van der Waals surface area (Å²) in [6.45, 7) is 4.97. The van der Waals surface area contributed by atoms with Crippen LogP contribution in [-0.4, -0.2) is 20.8 Å². The molecule has 0 saturated heterocycles. The predicted octanol–water partition coefficient (Wildman–Crippen LogP) is 3.02. The van der Waals surface area contributed by atoms with Gasteiger partial charge in [0.1, 0.15) is 0 Å². The number of rotatable bonds is 7. The highest BCUT2D eigenvalue weighted by Gasteiger charge is 2.16. The fraction of sp³-hybridized carbons (Fsp3) is 0.500. The summed E-state index contributed by atoms with van der Waals surface area (Å²) < 4.78 is 1.98. The number of nitrogens with zero attached hydrogens (tertiary/aromatic N) is 3. The van der Waals surface area contributed by atoms with Gasteiger partial charge in [0, 0.05) is 31.4 Å². The molecule has 0 radical (unpaired) electrons. The lowest BCUT2D eigenvalue weighted by atomic mass is 10.0. The van der Waals surface area contributed by atoms with Crippen LogP contribution in [-0.2, 0) is 25.8 Å². The van der Waals surface area contributed by atoms with Crippen molar-refractivity contribution < 1.29 is 0 Å². The minimum Gasteiger partial charge on any atom is -0.327 e. The second kappa shape index (κ2) is 7.57. The van der Waals surface area contributed by atoms with Gasteiger partial charge in [-0.25, -0.2) is 0 Å². The lowest BCUT2D eigenvalue weighted by Crippen LogP contribution is -2.25. The fourth-order valence-corrected chi connectivity index (χ4v) is 2.81. The van der Waals surface area contributed by atoms with Crippen molar-refractivity contribution in [3.8, 4) is 0 Å². The minimum absolute atomic E-state index is 0.0782. The standard InChI is InChI=1S/C16H23ClN4/c1-3-14-16(17)15(21(4-2)20-14)10-13(18)8-7-12-6-5-9-19-11-12/h5-6,9,11,13H,3-4,7-8,10,18H2,1-2H3. The molecule has 0 fully saturated rings. The van der Waals surface area contributed by atoms with E-state index in [9.17, 15) is 0 Å². The zero-order chi connectivity index (χ0) is 15.2.